The molecule has 4 rings (SSSR count). The van der Waals surface area contributed by atoms with Gasteiger partial charge in [-0.3, -0.25) is 4.79 Å². The van der Waals surface area contributed by atoms with Crippen LogP contribution in [0.5, 0.6) is 0 Å². The highest BCUT2D eigenvalue weighted by Gasteiger charge is 2.42. The Hall–Kier alpha value is -2.10. The molecular formula is C23H23ClF3NO4S. The molecular weight excluding hydrogens is 479 g/mol. The summed E-state index contributed by atoms with van der Waals surface area (Å²) in [5.74, 6) is -5.40. The van der Waals surface area contributed by atoms with Crippen molar-refractivity contribution in [3.8, 4) is 0 Å². The molecule has 0 spiro atoms. The molecule has 10 heteroatoms. The Bertz CT molecular complexity index is 1150. The summed E-state index contributed by atoms with van der Waals surface area (Å²) >= 11 is 6.17. The van der Waals surface area contributed by atoms with Gasteiger partial charge in [0.25, 0.3) is 5.91 Å². The zero-order valence-electron chi connectivity index (χ0n) is 17.5. The van der Waals surface area contributed by atoms with Gasteiger partial charge < -0.3 is 10.4 Å². The van der Waals surface area contributed by atoms with Crippen LogP contribution in [-0.4, -0.2) is 31.3 Å². The molecule has 2 unspecified atom stereocenters. The molecule has 2 saturated carbocycles. The van der Waals surface area contributed by atoms with Gasteiger partial charge in [-0.1, -0.05) is 30.9 Å². The summed E-state index contributed by atoms with van der Waals surface area (Å²) in [6.45, 7) is 0. The highest BCUT2D eigenvalue weighted by Crippen LogP contribution is 2.46. The SMILES string of the molecule is O=C(Nc1cc(F)c(F)c(F)c1)c1ccc(Cl)c(S(=O)(=O)CC2C3CCC[C@H]2C[C@H](O)C3)c1. The number of carbonyl (C=O) groups excluding carboxylic acids is 1. The van der Waals surface area contributed by atoms with Crippen molar-refractivity contribution >= 4 is 33.0 Å². The first-order chi connectivity index (χ1) is 15.5. The topological polar surface area (TPSA) is 83.5 Å². The summed E-state index contributed by atoms with van der Waals surface area (Å²) in [4.78, 5) is 12.4. The normalized spacial score (nSPS) is 25.0. The summed E-state index contributed by atoms with van der Waals surface area (Å²) < 4.78 is 66.6. The standard InChI is InChI=1S/C23H23ClF3NO4S/c24-18-5-4-14(23(30)28-15-9-19(25)22(27)20(26)10-15)8-21(18)33(31,32)11-17-12-2-1-3-13(17)7-16(29)6-12/h4-5,8-10,12-13,16-17,29H,1-3,6-7,11H2,(H,28,30)/t12-,13?,16-,17?/m0/s1. The molecule has 2 aliphatic rings. The number of halogens is 4. The van der Waals surface area contributed by atoms with Gasteiger partial charge in [0.15, 0.2) is 27.3 Å². The Balaban J connectivity index is 1.57. The van der Waals surface area contributed by atoms with Crippen LogP contribution in [0.3, 0.4) is 0 Å². The fourth-order valence-electron chi connectivity index (χ4n) is 5.16. The van der Waals surface area contributed by atoms with Crippen LogP contribution in [0.1, 0.15) is 42.5 Å². The molecule has 33 heavy (non-hydrogen) atoms. The molecule has 0 heterocycles. The van der Waals surface area contributed by atoms with Crippen LogP contribution >= 0.6 is 11.6 Å². The molecule has 2 bridgehead atoms. The minimum absolute atomic E-state index is 0.0357. The number of aliphatic hydroxyl groups excluding tert-OH is 1. The van der Waals surface area contributed by atoms with Gasteiger partial charge in [0.2, 0.25) is 0 Å². The molecule has 5 nitrogen and oxygen atoms in total. The van der Waals surface area contributed by atoms with Gasteiger partial charge in [-0.15, -0.1) is 0 Å². The maximum Gasteiger partial charge on any atom is 0.255 e. The van der Waals surface area contributed by atoms with E-state index < -0.39 is 39.3 Å². The Morgan fingerprint density at radius 2 is 1.67 bits per heavy atom. The summed E-state index contributed by atoms with van der Waals surface area (Å²) in [6.07, 6.45) is 3.51. The molecule has 0 radical (unpaired) electrons. The Kier molecular flexibility index (Phi) is 6.75. The Morgan fingerprint density at radius 3 is 2.27 bits per heavy atom. The lowest BCUT2D eigenvalue weighted by Crippen LogP contribution is -2.41. The summed E-state index contributed by atoms with van der Waals surface area (Å²) in [5, 5.41) is 12.3. The summed E-state index contributed by atoms with van der Waals surface area (Å²) in [7, 11) is -3.86. The molecule has 0 aliphatic heterocycles. The second-order valence-electron chi connectivity index (χ2n) is 8.87. The lowest BCUT2D eigenvalue weighted by atomic mass is 9.64. The van der Waals surface area contributed by atoms with Crippen LogP contribution in [-0.2, 0) is 9.84 Å². The molecule has 0 aromatic heterocycles. The van der Waals surface area contributed by atoms with E-state index in [-0.39, 0.29) is 44.7 Å². The van der Waals surface area contributed by atoms with E-state index in [1.165, 1.54) is 12.1 Å². The molecule has 2 aromatic rings. The van der Waals surface area contributed by atoms with E-state index >= 15 is 0 Å². The third-order valence-corrected chi connectivity index (χ3v) is 8.97. The van der Waals surface area contributed by atoms with Gasteiger partial charge in [-0.25, -0.2) is 21.6 Å². The minimum Gasteiger partial charge on any atom is -0.393 e. The fraction of sp³-hybridized carbons (Fsp3) is 0.435. The van der Waals surface area contributed by atoms with Gasteiger partial charge >= 0.3 is 0 Å². The lowest BCUT2D eigenvalue weighted by molar-refractivity contribution is 0.00684. The molecule has 2 fully saturated rings. The average Bonchev–Trinajstić information content (AvgIpc) is 2.72. The van der Waals surface area contributed by atoms with Crippen LogP contribution < -0.4 is 5.32 Å². The van der Waals surface area contributed by atoms with E-state index in [2.05, 4.69) is 5.32 Å². The first-order valence-corrected chi connectivity index (χ1v) is 12.7. The third kappa shape index (κ3) is 5.05. The maximum atomic E-state index is 13.4. The van der Waals surface area contributed by atoms with Crippen molar-refractivity contribution in [1.29, 1.82) is 0 Å². The smallest absolute Gasteiger partial charge is 0.255 e. The molecule has 0 saturated heterocycles. The summed E-state index contributed by atoms with van der Waals surface area (Å²) in [6, 6.07) is 4.95. The average molecular weight is 502 g/mol. The zero-order chi connectivity index (χ0) is 23.9. The number of benzene rings is 2. The largest absolute Gasteiger partial charge is 0.393 e. The van der Waals surface area contributed by atoms with Crippen LogP contribution in [0.4, 0.5) is 18.9 Å². The van der Waals surface area contributed by atoms with E-state index in [1.54, 1.807) is 0 Å². The molecule has 2 aliphatic carbocycles. The van der Waals surface area contributed by atoms with Crippen molar-refractivity contribution in [3.05, 3.63) is 58.4 Å². The van der Waals surface area contributed by atoms with Crippen LogP contribution in [0, 0.1) is 35.2 Å². The van der Waals surface area contributed by atoms with E-state index in [0.29, 0.717) is 25.0 Å². The second-order valence-corrected chi connectivity index (χ2v) is 11.3. The number of rotatable bonds is 5. The van der Waals surface area contributed by atoms with Gasteiger partial charge in [0.1, 0.15) is 0 Å². The van der Waals surface area contributed by atoms with Crippen LogP contribution in [0.2, 0.25) is 5.02 Å². The van der Waals surface area contributed by atoms with Crippen molar-refractivity contribution in [2.75, 3.05) is 11.1 Å². The maximum absolute atomic E-state index is 13.4. The molecule has 1 amide bonds. The first kappa shape index (κ1) is 24.0. The number of anilines is 1. The van der Waals surface area contributed by atoms with Gasteiger partial charge in [0, 0.05) is 23.4 Å². The van der Waals surface area contributed by atoms with Crippen molar-refractivity contribution in [2.24, 2.45) is 17.8 Å². The Labute approximate surface area is 194 Å². The number of hydrogen-bond acceptors (Lipinski definition) is 4. The number of carbonyl (C=O) groups is 1. The van der Waals surface area contributed by atoms with Crippen LogP contribution in [0.25, 0.3) is 0 Å². The van der Waals surface area contributed by atoms with Crippen molar-refractivity contribution in [1.82, 2.24) is 0 Å². The molecule has 2 N–H and O–H groups in total. The number of sulfone groups is 1. The predicted octanol–water partition coefficient (Wildman–Crippen LogP) is 4.97. The van der Waals surface area contributed by atoms with Crippen molar-refractivity contribution in [3.63, 3.8) is 0 Å². The monoisotopic (exact) mass is 501 g/mol. The lowest BCUT2D eigenvalue weighted by Gasteiger charge is -2.44. The number of amides is 1. The molecule has 2 aromatic carbocycles. The first-order valence-electron chi connectivity index (χ1n) is 10.7. The molecule has 4 atom stereocenters. The molecule has 178 valence electrons. The minimum atomic E-state index is -3.86. The third-order valence-electron chi connectivity index (χ3n) is 6.69. The number of nitrogens with one attached hydrogen (secondary N) is 1. The van der Waals surface area contributed by atoms with Gasteiger partial charge in [0.05, 0.1) is 21.8 Å². The highest BCUT2D eigenvalue weighted by molar-refractivity contribution is 7.91. The number of hydrogen-bond donors (Lipinski definition) is 2. The second kappa shape index (κ2) is 9.27. The highest BCUT2D eigenvalue weighted by atomic mass is 35.5. The van der Waals surface area contributed by atoms with E-state index in [4.69, 9.17) is 11.6 Å². The number of fused-ring (bicyclic) bond motifs is 2. The van der Waals surface area contributed by atoms with Crippen molar-refractivity contribution in [2.45, 2.75) is 43.1 Å². The van der Waals surface area contributed by atoms with E-state index in [1.807, 2.05) is 0 Å². The zero-order valence-corrected chi connectivity index (χ0v) is 19.1. The van der Waals surface area contributed by atoms with E-state index in [0.717, 1.165) is 25.3 Å². The Morgan fingerprint density at radius 1 is 1.06 bits per heavy atom. The van der Waals surface area contributed by atoms with Gasteiger partial charge in [-0.05, 0) is 48.8 Å². The van der Waals surface area contributed by atoms with Crippen LogP contribution in [0.15, 0.2) is 35.2 Å². The van der Waals surface area contributed by atoms with E-state index in [9.17, 15) is 31.5 Å². The summed E-state index contributed by atoms with van der Waals surface area (Å²) in [5.41, 5.74) is -0.397. The quantitative estimate of drug-likeness (QED) is 0.567. The van der Waals surface area contributed by atoms with Crippen molar-refractivity contribution < 1.29 is 31.5 Å². The fourth-order valence-corrected chi connectivity index (χ4v) is 7.54. The predicted molar refractivity (Wildman–Crippen MR) is 117 cm³/mol. The van der Waals surface area contributed by atoms with Gasteiger partial charge in [-0.2, -0.15) is 0 Å². The number of aliphatic hydroxyl groups is 1.